The van der Waals surface area contributed by atoms with E-state index in [-0.39, 0.29) is 0 Å². The summed E-state index contributed by atoms with van der Waals surface area (Å²) in [5, 5.41) is 9.14. The van der Waals surface area contributed by atoms with Crippen LogP contribution in [0, 0.1) is 0 Å². The summed E-state index contributed by atoms with van der Waals surface area (Å²) in [4.78, 5) is 2.33. The Morgan fingerprint density at radius 3 is 1.88 bits per heavy atom. The lowest BCUT2D eigenvalue weighted by Crippen LogP contribution is -2.10. The Bertz CT molecular complexity index is 3110. The summed E-state index contributed by atoms with van der Waals surface area (Å²) in [6, 6.07) is 60.2. The molecule has 0 N–H and O–H groups in total. The third kappa shape index (κ3) is 3.93. The quantitative estimate of drug-likeness (QED) is 0.192. The van der Waals surface area contributed by atoms with Crippen LogP contribution >= 0.6 is 0 Å². The maximum atomic E-state index is 6.52. The molecule has 0 unspecified atom stereocenters. The van der Waals surface area contributed by atoms with Crippen molar-refractivity contribution in [3.63, 3.8) is 0 Å². The Balaban J connectivity index is 1.18. The molecule has 8 aromatic carbocycles. The van der Waals surface area contributed by atoms with Crippen LogP contribution in [0.1, 0.15) is 0 Å². The molecule has 0 aliphatic carbocycles. The highest BCUT2D eigenvalue weighted by atomic mass is 16.3. The molecule has 0 aliphatic heterocycles. The van der Waals surface area contributed by atoms with Gasteiger partial charge in [0.1, 0.15) is 22.3 Å². The molecule has 0 saturated heterocycles. The van der Waals surface area contributed by atoms with Crippen molar-refractivity contribution in [1.82, 2.24) is 4.57 Å². The predicted octanol–water partition coefficient (Wildman–Crippen LogP) is 13.2. The minimum Gasteiger partial charge on any atom is -0.456 e. The van der Waals surface area contributed by atoms with Gasteiger partial charge in [-0.05, 0) is 78.2 Å². The summed E-state index contributed by atoms with van der Waals surface area (Å²) in [6.45, 7) is 0. The Kier molecular flexibility index (Phi) is 5.63. The number of hydrogen-bond acceptors (Lipinski definition) is 3. The molecule has 50 heavy (non-hydrogen) atoms. The topological polar surface area (TPSA) is 34.5 Å². The fourth-order valence-electron chi connectivity index (χ4n) is 7.89. The van der Waals surface area contributed by atoms with Crippen molar-refractivity contribution in [3.8, 4) is 5.69 Å². The lowest BCUT2D eigenvalue weighted by Gasteiger charge is -2.26. The molecule has 0 radical (unpaired) electrons. The first-order valence-electron chi connectivity index (χ1n) is 16.9. The summed E-state index contributed by atoms with van der Waals surface area (Å²) in [7, 11) is 0. The summed E-state index contributed by atoms with van der Waals surface area (Å²) in [5.74, 6) is 0. The van der Waals surface area contributed by atoms with Crippen LogP contribution in [0.25, 0.3) is 82.1 Å². The van der Waals surface area contributed by atoms with Gasteiger partial charge in [0.15, 0.2) is 0 Å². The van der Waals surface area contributed by atoms with Gasteiger partial charge in [0, 0.05) is 66.5 Å². The van der Waals surface area contributed by atoms with Crippen molar-refractivity contribution in [2.75, 3.05) is 4.90 Å². The van der Waals surface area contributed by atoms with Gasteiger partial charge in [-0.1, -0.05) is 91.0 Å². The molecule has 0 saturated carbocycles. The van der Waals surface area contributed by atoms with Gasteiger partial charge in [-0.2, -0.15) is 0 Å². The average molecular weight is 641 g/mol. The largest absolute Gasteiger partial charge is 0.456 e. The number of aromatic nitrogens is 1. The molecule has 3 heterocycles. The number of anilines is 3. The van der Waals surface area contributed by atoms with Crippen LogP contribution in [0.5, 0.6) is 0 Å². The SMILES string of the molecule is c1ccc(-n2c3ccccc3c3ccc(N(c4ccc5c(c4)oc4ccccc45)c4ccc5oc6c7ccccc7ccc6c5c4)cc32)cc1. The second-order valence-electron chi connectivity index (χ2n) is 12.9. The summed E-state index contributed by atoms with van der Waals surface area (Å²) < 4.78 is 15.3. The van der Waals surface area contributed by atoms with Crippen molar-refractivity contribution < 1.29 is 8.83 Å². The number of furan rings is 2. The van der Waals surface area contributed by atoms with Gasteiger partial charge in [-0.25, -0.2) is 0 Å². The third-order valence-electron chi connectivity index (χ3n) is 10.2. The van der Waals surface area contributed by atoms with Crippen molar-refractivity contribution in [1.29, 1.82) is 0 Å². The molecular weight excluding hydrogens is 613 g/mol. The second kappa shape index (κ2) is 10.4. The van der Waals surface area contributed by atoms with Crippen LogP contribution in [0.2, 0.25) is 0 Å². The molecule has 0 aliphatic rings. The number of nitrogens with zero attached hydrogens (tertiary/aromatic N) is 2. The van der Waals surface area contributed by atoms with Gasteiger partial charge in [0.25, 0.3) is 0 Å². The van der Waals surface area contributed by atoms with Crippen LogP contribution in [0.3, 0.4) is 0 Å². The number of hydrogen-bond donors (Lipinski definition) is 0. The number of benzene rings is 8. The van der Waals surface area contributed by atoms with E-state index in [0.29, 0.717) is 0 Å². The highest BCUT2D eigenvalue weighted by Gasteiger charge is 2.20. The third-order valence-corrected chi connectivity index (χ3v) is 10.2. The maximum Gasteiger partial charge on any atom is 0.143 e. The standard InChI is InChI=1S/C46H28N2O2/c1-2-11-30(12-3-1)48-41-16-8-6-14-35(41)36-23-19-32(27-42(36)48)47(33-20-24-38-37-15-7-9-17-43(37)49-45(38)28-33)31-21-25-44-40(26-31)39-22-18-29-10-4-5-13-34(29)46(39)50-44/h1-28H. The van der Waals surface area contributed by atoms with Crippen LogP contribution in [-0.2, 0) is 0 Å². The zero-order chi connectivity index (χ0) is 32.8. The normalized spacial score (nSPS) is 12.0. The highest BCUT2D eigenvalue weighted by molar-refractivity contribution is 6.16. The first-order valence-corrected chi connectivity index (χ1v) is 16.9. The molecular formula is C46H28N2O2. The Morgan fingerprint density at radius 1 is 0.360 bits per heavy atom. The Labute approximate surface area is 286 Å². The number of para-hydroxylation sites is 3. The summed E-state index contributed by atoms with van der Waals surface area (Å²) in [6.07, 6.45) is 0. The fraction of sp³-hybridized carbons (Fsp3) is 0. The summed E-state index contributed by atoms with van der Waals surface area (Å²) >= 11 is 0. The maximum absolute atomic E-state index is 6.52. The molecule has 0 spiro atoms. The highest BCUT2D eigenvalue weighted by Crippen LogP contribution is 2.43. The monoisotopic (exact) mass is 640 g/mol. The lowest BCUT2D eigenvalue weighted by molar-refractivity contribution is 0.669. The molecule has 4 heteroatoms. The summed E-state index contributed by atoms with van der Waals surface area (Å²) in [5.41, 5.74) is 10.1. The van der Waals surface area contributed by atoms with E-state index in [9.17, 15) is 0 Å². The van der Waals surface area contributed by atoms with Crippen molar-refractivity contribution in [2.24, 2.45) is 0 Å². The van der Waals surface area contributed by atoms with Crippen molar-refractivity contribution in [3.05, 3.63) is 170 Å². The van der Waals surface area contributed by atoms with E-state index < -0.39 is 0 Å². The van der Waals surface area contributed by atoms with Gasteiger partial charge in [0.05, 0.1) is 11.0 Å². The minimum absolute atomic E-state index is 0.856. The smallest absolute Gasteiger partial charge is 0.143 e. The number of fused-ring (bicyclic) bond motifs is 11. The van der Waals surface area contributed by atoms with Gasteiger partial charge in [0.2, 0.25) is 0 Å². The van der Waals surface area contributed by atoms with E-state index in [1.807, 2.05) is 12.1 Å². The second-order valence-corrected chi connectivity index (χ2v) is 12.9. The number of rotatable bonds is 4. The molecule has 0 amide bonds. The van der Waals surface area contributed by atoms with Crippen LogP contribution in [-0.4, -0.2) is 4.57 Å². The van der Waals surface area contributed by atoms with E-state index in [4.69, 9.17) is 8.83 Å². The molecule has 4 nitrogen and oxygen atoms in total. The average Bonchev–Trinajstić information content (AvgIpc) is 3.84. The predicted molar refractivity (Wildman–Crippen MR) is 208 cm³/mol. The lowest BCUT2D eigenvalue weighted by atomic mass is 10.0. The zero-order valence-corrected chi connectivity index (χ0v) is 26.9. The zero-order valence-electron chi connectivity index (χ0n) is 26.9. The Morgan fingerprint density at radius 2 is 0.980 bits per heavy atom. The molecule has 11 rings (SSSR count). The fourth-order valence-corrected chi connectivity index (χ4v) is 7.89. The van der Waals surface area contributed by atoms with Crippen molar-refractivity contribution in [2.45, 2.75) is 0 Å². The van der Waals surface area contributed by atoms with E-state index in [0.717, 1.165) is 77.5 Å². The van der Waals surface area contributed by atoms with Gasteiger partial charge in [-0.3, -0.25) is 0 Å². The van der Waals surface area contributed by atoms with Crippen LogP contribution in [0.15, 0.2) is 179 Å². The van der Waals surface area contributed by atoms with E-state index in [1.54, 1.807) is 0 Å². The molecule has 0 fully saturated rings. The van der Waals surface area contributed by atoms with Gasteiger partial charge < -0.3 is 18.3 Å². The minimum atomic E-state index is 0.856. The van der Waals surface area contributed by atoms with Crippen LogP contribution < -0.4 is 4.90 Å². The first kappa shape index (κ1) is 27.2. The molecule has 11 aromatic rings. The van der Waals surface area contributed by atoms with E-state index >= 15 is 0 Å². The van der Waals surface area contributed by atoms with Gasteiger partial charge >= 0.3 is 0 Å². The molecule has 0 bridgehead atoms. The first-order chi connectivity index (χ1) is 24.8. The van der Waals surface area contributed by atoms with E-state index in [2.05, 4.69) is 167 Å². The Hall–Kier alpha value is -6.78. The molecule has 3 aromatic heterocycles. The van der Waals surface area contributed by atoms with Crippen molar-refractivity contribution >= 4 is 93.5 Å². The van der Waals surface area contributed by atoms with E-state index in [1.165, 1.54) is 21.7 Å². The molecule has 234 valence electrons. The van der Waals surface area contributed by atoms with Crippen LogP contribution in [0.4, 0.5) is 17.1 Å². The molecule has 0 atom stereocenters. The van der Waals surface area contributed by atoms with Gasteiger partial charge in [-0.15, -0.1) is 0 Å².